The Morgan fingerprint density at radius 3 is 2.55 bits per heavy atom. The second kappa shape index (κ2) is 6.15. The summed E-state index contributed by atoms with van der Waals surface area (Å²) in [6.07, 6.45) is 0. The number of rotatable bonds is 3. The van der Waals surface area contributed by atoms with Crippen LogP contribution in [0.15, 0.2) is 14.7 Å². The smallest absolute Gasteiger partial charge is 0.163 e. The monoisotopic (exact) mass is 174 g/mol. The average molecular weight is 174 g/mol. The molecule has 2 N–H and O–H groups in total. The van der Waals surface area contributed by atoms with Crippen LogP contribution >= 0.6 is 11.9 Å². The molecule has 0 aliphatic rings. The maximum atomic E-state index is 4.91. The topological polar surface area (TPSA) is 63.1 Å². The van der Waals surface area contributed by atoms with Gasteiger partial charge in [-0.2, -0.15) is 4.40 Å². The lowest BCUT2D eigenvalue weighted by Gasteiger charge is -2.00. The molecule has 0 heterocycles. The molecule has 0 rings (SSSR count). The Morgan fingerprint density at radius 1 is 1.55 bits per heavy atom. The first kappa shape index (κ1) is 10.4. The molecule has 0 unspecified atom stereocenters. The van der Waals surface area contributed by atoms with Gasteiger partial charge in [-0.15, -0.1) is 5.11 Å². The molecule has 0 amide bonds. The van der Waals surface area contributed by atoms with Gasteiger partial charge < -0.3 is 5.84 Å². The molecule has 0 aromatic heterocycles. The standard InChI is InChI=1S/C6H14N4S/c1-4-11-9-6(5(2)3)8-10-7/h5H,4H2,1-3H3,(H2,7,8,9). The zero-order valence-corrected chi connectivity index (χ0v) is 7.93. The number of nitrogens with two attached hydrogens (primary N) is 1. The van der Waals surface area contributed by atoms with Crippen LogP contribution in [0.25, 0.3) is 0 Å². The first-order chi connectivity index (χ1) is 5.22. The van der Waals surface area contributed by atoms with Crippen molar-refractivity contribution in [1.82, 2.24) is 0 Å². The summed E-state index contributed by atoms with van der Waals surface area (Å²) in [6.45, 7) is 6.04. The molecule has 0 radical (unpaired) electrons. The molecule has 64 valence electrons. The molecule has 0 bridgehead atoms. The van der Waals surface area contributed by atoms with Crippen LogP contribution < -0.4 is 5.84 Å². The third-order valence-electron chi connectivity index (χ3n) is 0.964. The third-order valence-corrected chi connectivity index (χ3v) is 1.54. The Kier molecular flexibility index (Phi) is 5.83. The Labute approximate surface area is 71.5 Å². The molecular formula is C6H14N4S. The van der Waals surface area contributed by atoms with E-state index in [1.807, 2.05) is 20.8 Å². The first-order valence-corrected chi connectivity index (χ1v) is 4.47. The fraction of sp³-hybridized carbons (Fsp3) is 0.833. The first-order valence-electron chi connectivity index (χ1n) is 3.53. The van der Waals surface area contributed by atoms with Crippen LogP contribution in [0.2, 0.25) is 0 Å². The second-order valence-corrected chi connectivity index (χ2v) is 3.26. The molecule has 0 saturated carbocycles. The van der Waals surface area contributed by atoms with Crippen LogP contribution in [-0.2, 0) is 0 Å². The Hall–Kier alpha value is -0.580. The molecule has 0 spiro atoms. The van der Waals surface area contributed by atoms with Gasteiger partial charge in [0.15, 0.2) is 5.84 Å². The van der Waals surface area contributed by atoms with Crippen LogP contribution in [0.5, 0.6) is 0 Å². The zero-order chi connectivity index (χ0) is 8.69. The van der Waals surface area contributed by atoms with Gasteiger partial charge in [0.2, 0.25) is 0 Å². The van der Waals surface area contributed by atoms with Gasteiger partial charge in [0.25, 0.3) is 0 Å². The quantitative estimate of drug-likeness (QED) is 0.178. The van der Waals surface area contributed by atoms with Crippen molar-refractivity contribution in [2.75, 3.05) is 5.75 Å². The highest BCUT2D eigenvalue weighted by atomic mass is 32.2. The van der Waals surface area contributed by atoms with E-state index in [4.69, 9.17) is 5.84 Å². The van der Waals surface area contributed by atoms with Gasteiger partial charge in [-0.25, -0.2) is 0 Å². The lowest BCUT2D eigenvalue weighted by molar-refractivity contribution is 0.859. The molecule has 0 aliphatic heterocycles. The molecule has 0 aliphatic carbocycles. The third kappa shape index (κ3) is 4.78. The van der Waals surface area contributed by atoms with E-state index in [2.05, 4.69) is 14.7 Å². The van der Waals surface area contributed by atoms with Gasteiger partial charge >= 0.3 is 0 Å². The van der Waals surface area contributed by atoms with Crippen molar-refractivity contribution in [3.05, 3.63) is 0 Å². The number of hydrogen-bond acceptors (Lipinski definition) is 3. The summed E-state index contributed by atoms with van der Waals surface area (Å²) < 4.78 is 4.12. The summed E-state index contributed by atoms with van der Waals surface area (Å²) in [7, 11) is 0. The minimum Gasteiger partial charge on any atom is -0.305 e. The van der Waals surface area contributed by atoms with Crippen LogP contribution in [0.3, 0.4) is 0 Å². The molecule has 5 heteroatoms. The second-order valence-electron chi connectivity index (χ2n) is 2.24. The fourth-order valence-electron chi connectivity index (χ4n) is 0.429. The largest absolute Gasteiger partial charge is 0.305 e. The molecule has 0 saturated heterocycles. The average Bonchev–Trinajstić information content (AvgIpc) is 1.97. The number of nitrogens with zero attached hydrogens (tertiary/aromatic N) is 3. The van der Waals surface area contributed by atoms with Crippen LogP contribution in [0, 0.1) is 5.92 Å². The van der Waals surface area contributed by atoms with E-state index in [9.17, 15) is 0 Å². The molecule has 0 fully saturated rings. The maximum absolute atomic E-state index is 4.91. The Bertz CT molecular complexity index is 153. The van der Waals surface area contributed by atoms with E-state index in [1.165, 1.54) is 11.9 Å². The predicted octanol–water partition coefficient (Wildman–Crippen LogP) is 2.03. The van der Waals surface area contributed by atoms with Gasteiger partial charge in [0, 0.05) is 11.7 Å². The summed E-state index contributed by atoms with van der Waals surface area (Å²) in [6, 6.07) is 0. The summed E-state index contributed by atoms with van der Waals surface area (Å²) >= 11 is 1.46. The summed E-state index contributed by atoms with van der Waals surface area (Å²) in [5.41, 5.74) is 0. The van der Waals surface area contributed by atoms with E-state index in [1.54, 1.807) is 0 Å². The minimum absolute atomic E-state index is 0.279. The van der Waals surface area contributed by atoms with Gasteiger partial charge in [-0.3, -0.25) is 0 Å². The highest BCUT2D eigenvalue weighted by Gasteiger charge is 2.02. The Balaban J connectivity index is 4.08. The van der Waals surface area contributed by atoms with Gasteiger partial charge in [-0.05, 0) is 11.9 Å². The lowest BCUT2D eigenvalue weighted by Crippen LogP contribution is -2.03. The van der Waals surface area contributed by atoms with Crippen molar-refractivity contribution in [1.29, 1.82) is 0 Å². The fourth-order valence-corrected chi connectivity index (χ4v) is 0.938. The summed E-state index contributed by atoms with van der Waals surface area (Å²) in [5, 5.41) is 6.88. The van der Waals surface area contributed by atoms with E-state index in [0.717, 1.165) is 5.75 Å². The van der Waals surface area contributed by atoms with Gasteiger partial charge in [-0.1, -0.05) is 26.0 Å². The van der Waals surface area contributed by atoms with E-state index >= 15 is 0 Å². The predicted molar refractivity (Wildman–Crippen MR) is 49.4 cm³/mol. The van der Waals surface area contributed by atoms with Crippen molar-refractivity contribution < 1.29 is 0 Å². The lowest BCUT2D eigenvalue weighted by atomic mass is 10.2. The Morgan fingerprint density at radius 2 is 2.18 bits per heavy atom. The highest BCUT2D eigenvalue weighted by Crippen LogP contribution is 2.07. The van der Waals surface area contributed by atoms with Crippen molar-refractivity contribution in [3.63, 3.8) is 0 Å². The molecular weight excluding hydrogens is 160 g/mol. The van der Waals surface area contributed by atoms with Crippen molar-refractivity contribution in [2.24, 2.45) is 26.5 Å². The molecule has 11 heavy (non-hydrogen) atoms. The van der Waals surface area contributed by atoms with Crippen molar-refractivity contribution in [2.45, 2.75) is 20.8 Å². The molecule has 0 atom stereocenters. The summed E-state index contributed by atoms with van der Waals surface area (Å²) in [4.78, 5) is 0. The van der Waals surface area contributed by atoms with E-state index in [0.29, 0.717) is 5.84 Å². The van der Waals surface area contributed by atoms with Crippen molar-refractivity contribution in [3.8, 4) is 0 Å². The highest BCUT2D eigenvalue weighted by molar-refractivity contribution is 7.98. The zero-order valence-electron chi connectivity index (χ0n) is 7.11. The SMILES string of the molecule is CCS/N=C(/N=NN)C(C)C. The minimum atomic E-state index is 0.279. The summed E-state index contributed by atoms with van der Waals surface area (Å²) in [5.74, 6) is 6.82. The van der Waals surface area contributed by atoms with Gasteiger partial charge in [0.05, 0.1) is 0 Å². The van der Waals surface area contributed by atoms with E-state index < -0.39 is 0 Å². The van der Waals surface area contributed by atoms with Crippen LogP contribution in [0.4, 0.5) is 0 Å². The van der Waals surface area contributed by atoms with Crippen LogP contribution in [0.1, 0.15) is 20.8 Å². The van der Waals surface area contributed by atoms with Gasteiger partial charge in [0.1, 0.15) is 0 Å². The van der Waals surface area contributed by atoms with E-state index in [-0.39, 0.29) is 5.92 Å². The van der Waals surface area contributed by atoms with Crippen LogP contribution in [-0.4, -0.2) is 11.6 Å². The molecule has 4 nitrogen and oxygen atoms in total. The number of hydrogen-bond donors (Lipinski definition) is 1. The molecule has 0 aromatic carbocycles. The van der Waals surface area contributed by atoms with Crippen molar-refractivity contribution >= 4 is 17.8 Å². The number of amidine groups is 1. The maximum Gasteiger partial charge on any atom is 0.163 e. The molecule has 0 aromatic rings. The normalized spacial score (nSPS) is 13.3.